The molecule has 2 rings (SSSR count). The highest BCUT2D eigenvalue weighted by atomic mass is 35.5. The molecular weight excluding hydrogens is 302 g/mol. The third kappa shape index (κ3) is 3.77. The van der Waals surface area contributed by atoms with Crippen molar-refractivity contribution in [3.63, 3.8) is 0 Å². The summed E-state index contributed by atoms with van der Waals surface area (Å²) in [4.78, 5) is 16.1. The number of hydrogen-bond donors (Lipinski definition) is 1. The van der Waals surface area contributed by atoms with Gasteiger partial charge in [0, 0.05) is 37.2 Å². The number of carbonyl (C=O) groups is 1. The number of rotatable bonds is 5. The minimum absolute atomic E-state index is 0.00918. The van der Waals surface area contributed by atoms with Crippen molar-refractivity contribution in [1.82, 2.24) is 10.2 Å². The summed E-state index contributed by atoms with van der Waals surface area (Å²) >= 11 is 6.09. The molecule has 122 valence electrons. The molecule has 1 heterocycles. The van der Waals surface area contributed by atoms with Crippen LogP contribution in [0.1, 0.15) is 20.3 Å². The van der Waals surface area contributed by atoms with E-state index in [-0.39, 0.29) is 12.1 Å². The highest BCUT2D eigenvalue weighted by Crippen LogP contribution is 2.33. The molecule has 1 N–H and O–H groups in total. The maximum Gasteiger partial charge on any atom is 0.317 e. The normalized spacial score (nSPS) is 17.5. The van der Waals surface area contributed by atoms with Crippen molar-refractivity contribution in [1.29, 1.82) is 0 Å². The molecule has 1 fully saturated rings. The number of halogens is 1. The van der Waals surface area contributed by atoms with Crippen molar-refractivity contribution in [3.8, 4) is 5.75 Å². The van der Waals surface area contributed by atoms with Crippen molar-refractivity contribution < 1.29 is 9.53 Å². The van der Waals surface area contributed by atoms with Crippen molar-refractivity contribution >= 4 is 23.3 Å². The molecule has 1 aromatic rings. The van der Waals surface area contributed by atoms with Gasteiger partial charge in [0.25, 0.3) is 0 Å². The second-order valence-electron chi connectivity index (χ2n) is 5.37. The number of nitrogens with zero attached hydrogens (tertiary/aromatic N) is 2. The highest BCUT2D eigenvalue weighted by molar-refractivity contribution is 6.30. The summed E-state index contributed by atoms with van der Waals surface area (Å²) in [6.07, 6.45) is 0.919. The average Bonchev–Trinajstić information content (AvgIpc) is 2.96. The lowest BCUT2D eigenvalue weighted by atomic mass is 10.2. The van der Waals surface area contributed by atoms with Crippen LogP contribution in [0.15, 0.2) is 18.2 Å². The van der Waals surface area contributed by atoms with Gasteiger partial charge in [0.1, 0.15) is 5.75 Å². The van der Waals surface area contributed by atoms with Gasteiger partial charge in [0.2, 0.25) is 0 Å². The molecule has 0 spiro atoms. The summed E-state index contributed by atoms with van der Waals surface area (Å²) in [5, 5.41) is 3.79. The Kier molecular flexibility index (Phi) is 5.77. The molecular formula is C16H24ClN3O2. The predicted octanol–water partition coefficient (Wildman–Crippen LogP) is 2.98. The van der Waals surface area contributed by atoms with Crippen molar-refractivity contribution in [2.75, 3.05) is 38.2 Å². The number of benzene rings is 1. The summed E-state index contributed by atoms with van der Waals surface area (Å²) in [7, 11) is 1.66. The van der Waals surface area contributed by atoms with Gasteiger partial charge in [-0.1, -0.05) is 11.6 Å². The van der Waals surface area contributed by atoms with Crippen LogP contribution in [0.4, 0.5) is 10.5 Å². The molecule has 6 heteroatoms. The lowest BCUT2D eigenvalue weighted by Crippen LogP contribution is -2.45. The van der Waals surface area contributed by atoms with Gasteiger partial charge in [-0.3, -0.25) is 0 Å². The summed E-state index contributed by atoms with van der Waals surface area (Å²) in [5.74, 6) is 0.806. The number of nitrogens with one attached hydrogen (secondary N) is 1. The Bertz CT molecular complexity index is 520. The average molecular weight is 326 g/mol. The molecule has 0 aliphatic carbocycles. The van der Waals surface area contributed by atoms with Crippen LogP contribution in [0.2, 0.25) is 5.02 Å². The first-order chi connectivity index (χ1) is 10.6. The second-order valence-corrected chi connectivity index (χ2v) is 5.81. The quantitative estimate of drug-likeness (QED) is 0.905. The minimum atomic E-state index is 0.00918. The zero-order chi connectivity index (χ0) is 16.1. The molecule has 1 aromatic carbocycles. The van der Waals surface area contributed by atoms with Crippen molar-refractivity contribution in [2.24, 2.45) is 0 Å². The van der Waals surface area contributed by atoms with Crippen LogP contribution >= 0.6 is 11.6 Å². The molecule has 22 heavy (non-hydrogen) atoms. The number of urea groups is 1. The standard InChI is InChI=1S/C16H24ClN3O2/c1-4-19(5-2)16(21)18-13-8-9-20(11-13)14-10-12(17)6-7-15(14)22-3/h6-7,10,13H,4-5,8-9,11H2,1-3H3,(H,18,21). The number of methoxy groups -OCH3 is 1. The fourth-order valence-corrected chi connectivity index (χ4v) is 2.95. The summed E-state index contributed by atoms with van der Waals surface area (Å²) in [6, 6.07) is 5.76. The van der Waals surface area contributed by atoms with E-state index in [0.29, 0.717) is 5.02 Å². The fourth-order valence-electron chi connectivity index (χ4n) is 2.78. The third-order valence-corrected chi connectivity index (χ3v) is 4.28. The van der Waals surface area contributed by atoms with Crippen LogP contribution in [0, 0.1) is 0 Å². The molecule has 1 aliphatic rings. The number of anilines is 1. The number of amides is 2. The molecule has 1 saturated heterocycles. The fraction of sp³-hybridized carbons (Fsp3) is 0.562. The largest absolute Gasteiger partial charge is 0.495 e. The number of hydrogen-bond acceptors (Lipinski definition) is 3. The van der Waals surface area contributed by atoms with E-state index in [9.17, 15) is 4.79 Å². The van der Waals surface area contributed by atoms with E-state index < -0.39 is 0 Å². The summed E-state index contributed by atoms with van der Waals surface area (Å²) in [5.41, 5.74) is 0.981. The molecule has 0 saturated carbocycles. The van der Waals surface area contributed by atoms with Gasteiger partial charge in [-0.05, 0) is 38.5 Å². The van der Waals surface area contributed by atoms with Crippen LogP contribution in [-0.2, 0) is 0 Å². The number of ether oxygens (including phenoxy) is 1. The molecule has 1 unspecified atom stereocenters. The summed E-state index contributed by atoms with van der Waals surface area (Å²) < 4.78 is 5.41. The molecule has 1 aliphatic heterocycles. The lowest BCUT2D eigenvalue weighted by molar-refractivity contribution is 0.200. The Morgan fingerprint density at radius 1 is 1.45 bits per heavy atom. The number of carbonyl (C=O) groups excluding carboxylic acids is 1. The Balaban J connectivity index is 2.01. The Morgan fingerprint density at radius 3 is 2.82 bits per heavy atom. The maximum atomic E-state index is 12.1. The van der Waals surface area contributed by atoms with E-state index in [1.54, 1.807) is 12.0 Å². The monoisotopic (exact) mass is 325 g/mol. The van der Waals surface area contributed by atoms with Crippen LogP contribution < -0.4 is 15.0 Å². The van der Waals surface area contributed by atoms with Crippen molar-refractivity contribution in [2.45, 2.75) is 26.3 Å². The highest BCUT2D eigenvalue weighted by Gasteiger charge is 2.27. The SMILES string of the molecule is CCN(CC)C(=O)NC1CCN(c2cc(Cl)ccc2OC)C1. The van der Waals surface area contributed by atoms with Gasteiger partial charge in [-0.15, -0.1) is 0 Å². The smallest absolute Gasteiger partial charge is 0.317 e. The van der Waals surface area contributed by atoms with Gasteiger partial charge >= 0.3 is 6.03 Å². The zero-order valence-electron chi connectivity index (χ0n) is 13.4. The third-order valence-electron chi connectivity index (χ3n) is 4.05. The van der Waals surface area contributed by atoms with E-state index in [2.05, 4.69) is 10.2 Å². The van der Waals surface area contributed by atoms with E-state index >= 15 is 0 Å². The van der Waals surface area contributed by atoms with Crippen LogP contribution in [-0.4, -0.2) is 50.3 Å². The first-order valence-corrected chi connectivity index (χ1v) is 8.10. The van der Waals surface area contributed by atoms with E-state index in [1.165, 1.54) is 0 Å². The minimum Gasteiger partial charge on any atom is -0.495 e. The molecule has 0 bridgehead atoms. The van der Waals surface area contributed by atoms with Crippen LogP contribution in [0.3, 0.4) is 0 Å². The topological polar surface area (TPSA) is 44.8 Å². The molecule has 0 radical (unpaired) electrons. The van der Waals surface area contributed by atoms with Gasteiger partial charge in [-0.25, -0.2) is 4.79 Å². The predicted molar refractivity (Wildman–Crippen MR) is 90.1 cm³/mol. The Morgan fingerprint density at radius 2 is 2.18 bits per heavy atom. The molecule has 5 nitrogen and oxygen atoms in total. The lowest BCUT2D eigenvalue weighted by Gasteiger charge is -2.24. The Labute approximate surface area is 137 Å². The van der Waals surface area contributed by atoms with Crippen LogP contribution in [0.5, 0.6) is 5.75 Å². The van der Waals surface area contributed by atoms with Gasteiger partial charge < -0.3 is 19.9 Å². The van der Waals surface area contributed by atoms with Crippen LogP contribution in [0.25, 0.3) is 0 Å². The zero-order valence-corrected chi connectivity index (χ0v) is 14.2. The molecule has 0 aromatic heterocycles. The molecule has 2 amide bonds. The maximum absolute atomic E-state index is 12.1. The molecule has 1 atom stereocenters. The summed E-state index contributed by atoms with van der Waals surface area (Å²) in [6.45, 7) is 7.06. The van der Waals surface area contributed by atoms with Crippen molar-refractivity contribution in [3.05, 3.63) is 23.2 Å². The van der Waals surface area contributed by atoms with Gasteiger partial charge in [0.05, 0.1) is 12.8 Å². The van der Waals surface area contributed by atoms with E-state index in [4.69, 9.17) is 16.3 Å². The second kappa shape index (κ2) is 7.58. The van der Waals surface area contributed by atoms with Gasteiger partial charge in [-0.2, -0.15) is 0 Å². The first kappa shape index (κ1) is 16.7. The van der Waals surface area contributed by atoms with E-state index in [1.807, 2.05) is 32.0 Å². The Hall–Kier alpha value is -1.62. The first-order valence-electron chi connectivity index (χ1n) is 7.73. The van der Waals surface area contributed by atoms with Gasteiger partial charge in [0.15, 0.2) is 0 Å². The van der Waals surface area contributed by atoms with E-state index in [0.717, 1.165) is 44.0 Å².